The lowest BCUT2D eigenvalue weighted by molar-refractivity contribution is -0.384. The lowest BCUT2D eigenvalue weighted by Gasteiger charge is -2.13. The van der Waals surface area contributed by atoms with Gasteiger partial charge in [-0.15, -0.1) is 0 Å². The molecule has 9 heteroatoms. The van der Waals surface area contributed by atoms with E-state index in [2.05, 4.69) is 4.72 Å². The Morgan fingerprint density at radius 3 is 2.43 bits per heavy atom. The first kappa shape index (κ1) is 17.1. The predicted molar refractivity (Wildman–Crippen MR) is 75.2 cm³/mol. The first-order valence-electron chi connectivity index (χ1n) is 6.15. The zero-order valence-electron chi connectivity index (χ0n) is 11.4. The molecule has 0 aliphatic carbocycles. The molecule has 0 aromatic heterocycles. The lowest BCUT2D eigenvalue weighted by Crippen LogP contribution is -2.33. The molecule has 1 atom stereocenters. The van der Waals surface area contributed by atoms with Crippen LogP contribution >= 0.6 is 0 Å². The second kappa shape index (κ2) is 7.14. The maximum Gasteiger partial charge on any atom is 0.303 e. The third-order valence-electron chi connectivity index (χ3n) is 2.68. The highest BCUT2D eigenvalue weighted by Crippen LogP contribution is 2.14. The van der Waals surface area contributed by atoms with Crippen LogP contribution in [0.3, 0.4) is 0 Å². The fourth-order valence-electron chi connectivity index (χ4n) is 1.68. The molecule has 1 unspecified atom stereocenters. The summed E-state index contributed by atoms with van der Waals surface area (Å²) >= 11 is 0. The summed E-state index contributed by atoms with van der Waals surface area (Å²) in [7, 11) is -3.63. The number of hydrogen-bond acceptors (Lipinski definition) is 5. The number of benzene rings is 1. The number of aliphatic carboxylic acids is 1. The second-order valence-electron chi connectivity index (χ2n) is 4.63. The van der Waals surface area contributed by atoms with Crippen LogP contribution in [0.25, 0.3) is 0 Å². The van der Waals surface area contributed by atoms with Crippen molar-refractivity contribution >= 4 is 21.7 Å². The maximum atomic E-state index is 11.9. The molecular formula is C12H16N2O6S. The van der Waals surface area contributed by atoms with Gasteiger partial charge in [0, 0.05) is 24.6 Å². The zero-order valence-corrected chi connectivity index (χ0v) is 12.2. The van der Waals surface area contributed by atoms with Crippen molar-refractivity contribution in [3.05, 3.63) is 39.9 Å². The van der Waals surface area contributed by atoms with Crippen LogP contribution in [-0.2, 0) is 20.6 Å². The van der Waals surface area contributed by atoms with Crippen LogP contribution in [0.2, 0.25) is 0 Å². The van der Waals surface area contributed by atoms with Gasteiger partial charge in [0.05, 0.1) is 10.7 Å². The molecule has 0 aliphatic rings. The van der Waals surface area contributed by atoms with Crippen LogP contribution in [0.1, 0.15) is 25.3 Å². The smallest absolute Gasteiger partial charge is 0.303 e. The monoisotopic (exact) mass is 316 g/mol. The Balaban J connectivity index is 2.63. The summed E-state index contributed by atoms with van der Waals surface area (Å²) in [4.78, 5) is 20.3. The number of rotatable bonds is 8. The average molecular weight is 316 g/mol. The number of nitro groups is 1. The third-order valence-corrected chi connectivity index (χ3v) is 4.15. The topological polar surface area (TPSA) is 127 Å². The largest absolute Gasteiger partial charge is 0.481 e. The van der Waals surface area contributed by atoms with Crippen LogP contribution in [0.4, 0.5) is 5.69 Å². The van der Waals surface area contributed by atoms with E-state index in [0.717, 1.165) is 0 Å². The molecule has 0 heterocycles. The standard InChI is InChI=1S/C12H16N2O6S/c1-9(2-7-12(15)16)13-21(19,20)8-10-3-5-11(6-4-10)14(17)18/h3-6,9,13H,2,7-8H2,1H3,(H,15,16). The quantitative estimate of drug-likeness (QED) is 0.549. The first-order valence-corrected chi connectivity index (χ1v) is 7.80. The van der Waals surface area contributed by atoms with Crippen LogP contribution < -0.4 is 4.72 Å². The van der Waals surface area contributed by atoms with Gasteiger partial charge in [0.15, 0.2) is 0 Å². The van der Waals surface area contributed by atoms with Crippen LogP contribution in [0, 0.1) is 10.1 Å². The number of carboxylic acids is 1. The molecule has 0 aliphatic heterocycles. The number of nitrogens with one attached hydrogen (secondary N) is 1. The van der Waals surface area contributed by atoms with Gasteiger partial charge in [-0.25, -0.2) is 13.1 Å². The number of sulfonamides is 1. The Morgan fingerprint density at radius 2 is 1.95 bits per heavy atom. The number of non-ortho nitro benzene ring substituents is 1. The molecule has 0 radical (unpaired) electrons. The van der Waals surface area contributed by atoms with E-state index in [0.29, 0.717) is 5.56 Å². The minimum atomic E-state index is -3.63. The number of nitrogens with zero attached hydrogens (tertiary/aromatic N) is 1. The van der Waals surface area contributed by atoms with Gasteiger partial charge < -0.3 is 5.11 Å². The van der Waals surface area contributed by atoms with Crippen molar-refractivity contribution in [2.24, 2.45) is 0 Å². The SMILES string of the molecule is CC(CCC(=O)O)NS(=O)(=O)Cc1ccc([N+](=O)[O-])cc1. The van der Waals surface area contributed by atoms with E-state index in [1.165, 1.54) is 24.3 Å². The Labute approximate surface area is 122 Å². The van der Waals surface area contributed by atoms with E-state index < -0.39 is 27.0 Å². The first-order chi connectivity index (χ1) is 9.69. The van der Waals surface area contributed by atoms with Crippen molar-refractivity contribution in [1.29, 1.82) is 0 Å². The van der Waals surface area contributed by atoms with E-state index in [9.17, 15) is 23.3 Å². The van der Waals surface area contributed by atoms with Gasteiger partial charge in [0.25, 0.3) is 5.69 Å². The molecule has 0 spiro atoms. The molecule has 1 aromatic carbocycles. The van der Waals surface area contributed by atoms with Crippen molar-refractivity contribution in [1.82, 2.24) is 4.72 Å². The molecule has 1 aromatic rings. The van der Waals surface area contributed by atoms with E-state index in [1.54, 1.807) is 6.92 Å². The second-order valence-corrected chi connectivity index (χ2v) is 6.39. The Kier molecular flexibility index (Phi) is 5.79. The predicted octanol–water partition coefficient (Wildman–Crippen LogP) is 1.27. The molecule has 0 fully saturated rings. The number of carboxylic acid groups (broad SMARTS) is 1. The van der Waals surface area contributed by atoms with Gasteiger partial charge in [0.1, 0.15) is 0 Å². The highest BCUT2D eigenvalue weighted by Gasteiger charge is 2.16. The molecule has 2 N–H and O–H groups in total. The molecular weight excluding hydrogens is 300 g/mol. The highest BCUT2D eigenvalue weighted by atomic mass is 32.2. The lowest BCUT2D eigenvalue weighted by atomic mass is 10.2. The van der Waals surface area contributed by atoms with Crippen molar-refractivity contribution in [2.75, 3.05) is 0 Å². The van der Waals surface area contributed by atoms with Crippen molar-refractivity contribution in [2.45, 2.75) is 31.6 Å². The van der Waals surface area contributed by atoms with Crippen molar-refractivity contribution in [3.8, 4) is 0 Å². The summed E-state index contributed by atoms with van der Waals surface area (Å²) in [6, 6.07) is 4.72. The normalized spacial score (nSPS) is 12.8. The van der Waals surface area contributed by atoms with Crippen LogP contribution in [0.5, 0.6) is 0 Å². The van der Waals surface area contributed by atoms with E-state index >= 15 is 0 Å². The number of carbonyl (C=O) groups is 1. The average Bonchev–Trinajstić information content (AvgIpc) is 2.35. The van der Waals surface area contributed by atoms with Gasteiger partial charge in [-0.2, -0.15) is 0 Å². The fourth-order valence-corrected chi connectivity index (χ4v) is 3.13. The molecule has 1 rings (SSSR count). The van der Waals surface area contributed by atoms with E-state index in [-0.39, 0.29) is 24.3 Å². The zero-order chi connectivity index (χ0) is 16.0. The summed E-state index contributed by atoms with van der Waals surface area (Å²) in [6.45, 7) is 1.58. The van der Waals surface area contributed by atoms with Gasteiger partial charge in [-0.1, -0.05) is 12.1 Å². The van der Waals surface area contributed by atoms with Crippen molar-refractivity contribution < 1.29 is 23.2 Å². The summed E-state index contributed by atoms with van der Waals surface area (Å²) in [5, 5.41) is 19.0. The summed E-state index contributed by atoms with van der Waals surface area (Å²) in [6.07, 6.45) is 0.0655. The third kappa shape index (κ3) is 6.32. The maximum absolute atomic E-state index is 11.9. The summed E-state index contributed by atoms with van der Waals surface area (Å²) in [5.74, 6) is -1.31. The molecule has 0 bridgehead atoms. The van der Waals surface area contributed by atoms with Gasteiger partial charge >= 0.3 is 5.97 Å². The van der Waals surface area contributed by atoms with Gasteiger partial charge in [-0.05, 0) is 18.9 Å². The Hall–Kier alpha value is -2.00. The minimum Gasteiger partial charge on any atom is -0.481 e. The Bertz CT molecular complexity index is 611. The summed E-state index contributed by atoms with van der Waals surface area (Å²) in [5.41, 5.74) is 0.303. The van der Waals surface area contributed by atoms with Crippen LogP contribution in [0.15, 0.2) is 24.3 Å². The Morgan fingerprint density at radius 1 is 1.38 bits per heavy atom. The fraction of sp³-hybridized carbons (Fsp3) is 0.417. The van der Waals surface area contributed by atoms with Gasteiger partial charge in [-0.3, -0.25) is 14.9 Å². The number of hydrogen-bond donors (Lipinski definition) is 2. The summed E-state index contributed by atoms with van der Waals surface area (Å²) < 4.78 is 26.1. The molecule has 0 saturated carbocycles. The molecule has 116 valence electrons. The minimum absolute atomic E-state index is 0.112. The van der Waals surface area contributed by atoms with E-state index in [4.69, 9.17) is 5.11 Å². The molecule has 21 heavy (non-hydrogen) atoms. The number of nitro benzene ring substituents is 1. The highest BCUT2D eigenvalue weighted by molar-refractivity contribution is 7.88. The van der Waals surface area contributed by atoms with Crippen molar-refractivity contribution in [3.63, 3.8) is 0 Å². The molecule has 0 amide bonds. The molecule has 0 saturated heterocycles. The van der Waals surface area contributed by atoms with Gasteiger partial charge in [0.2, 0.25) is 10.0 Å². The van der Waals surface area contributed by atoms with E-state index in [1.807, 2.05) is 0 Å². The van der Waals surface area contributed by atoms with Crippen LogP contribution in [-0.4, -0.2) is 30.5 Å². The molecule has 8 nitrogen and oxygen atoms in total.